The molecule has 0 amide bonds. The van der Waals surface area contributed by atoms with Gasteiger partial charge in [0.25, 0.3) is 0 Å². The van der Waals surface area contributed by atoms with E-state index in [1.54, 1.807) is 13.4 Å². The summed E-state index contributed by atoms with van der Waals surface area (Å²) in [6, 6.07) is 10.5. The summed E-state index contributed by atoms with van der Waals surface area (Å²) < 4.78 is 5.39. The fourth-order valence-corrected chi connectivity index (χ4v) is 5.03. The normalized spacial score (nSPS) is 23.0. The number of rotatable bonds is 4. The molecule has 2 fully saturated rings. The van der Waals surface area contributed by atoms with Crippen molar-refractivity contribution in [2.24, 2.45) is 5.41 Å². The number of ether oxygens (including phenoxy) is 1. The van der Waals surface area contributed by atoms with Gasteiger partial charge in [-0.3, -0.25) is 4.90 Å². The molecule has 4 heterocycles. The molecule has 6 nitrogen and oxygen atoms in total. The van der Waals surface area contributed by atoms with Crippen molar-refractivity contribution in [3.05, 3.63) is 48.4 Å². The molecule has 1 N–H and O–H groups in total. The summed E-state index contributed by atoms with van der Waals surface area (Å²) in [5.74, 6) is 2.02. The Hall–Kier alpha value is -2.60. The number of hydrogen-bond acceptors (Lipinski definition) is 5. The van der Waals surface area contributed by atoms with Crippen LogP contribution in [0.15, 0.2) is 42.9 Å². The third kappa shape index (κ3) is 3.22. The lowest BCUT2D eigenvalue weighted by Crippen LogP contribution is -2.44. The Morgan fingerprint density at radius 2 is 2.11 bits per heavy atom. The maximum Gasteiger partial charge on any atom is 0.142 e. The van der Waals surface area contributed by atoms with Crippen LogP contribution in [0.25, 0.3) is 11.0 Å². The van der Waals surface area contributed by atoms with Crippen LogP contribution in [0.4, 0.5) is 5.82 Å². The van der Waals surface area contributed by atoms with E-state index in [2.05, 4.69) is 49.0 Å². The highest BCUT2D eigenvalue weighted by atomic mass is 16.5. The number of piperidine rings is 1. The van der Waals surface area contributed by atoms with Gasteiger partial charge in [0.1, 0.15) is 23.5 Å². The SMILES string of the molecule is COc1cccc(CN2CCC[C@@]3(CCN(c4ncnc5[nH]ccc45)C3)C2)c1. The monoisotopic (exact) mass is 377 g/mol. The Morgan fingerprint density at radius 3 is 3.04 bits per heavy atom. The number of nitrogens with one attached hydrogen (secondary N) is 1. The van der Waals surface area contributed by atoms with Gasteiger partial charge in [-0.25, -0.2) is 9.97 Å². The Bertz CT molecular complexity index is 970. The van der Waals surface area contributed by atoms with E-state index in [4.69, 9.17) is 4.74 Å². The van der Waals surface area contributed by atoms with Crippen LogP contribution >= 0.6 is 0 Å². The van der Waals surface area contributed by atoms with Gasteiger partial charge < -0.3 is 14.6 Å². The lowest BCUT2D eigenvalue weighted by molar-refractivity contribution is 0.0991. The average molecular weight is 377 g/mol. The van der Waals surface area contributed by atoms with Gasteiger partial charge in [0.15, 0.2) is 0 Å². The van der Waals surface area contributed by atoms with Crippen molar-refractivity contribution in [1.82, 2.24) is 19.9 Å². The third-order valence-electron chi connectivity index (χ3n) is 6.35. The number of aromatic amines is 1. The fraction of sp³-hybridized carbons (Fsp3) is 0.455. The Balaban J connectivity index is 1.31. The second-order valence-electron chi connectivity index (χ2n) is 8.27. The van der Waals surface area contributed by atoms with E-state index < -0.39 is 0 Å². The summed E-state index contributed by atoms with van der Waals surface area (Å²) in [6.45, 7) is 5.48. The van der Waals surface area contributed by atoms with Crippen molar-refractivity contribution in [1.29, 1.82) is 0 Å². The van der Waals surface area contributed by atoms with Crippen molar-refractivity contribution in [2.45, 2.75) is 25.8 Å². The van der Waals surface area contributed by atoms with Gasteiger partial charge in [0, 0.05) is 37.8 Å². The van der Waals surface area contributed by atoms with Crippen LogP contribution in [-0.2, 0) is 6.54 Å². The van der Waals surface area contributed by atoms with Crippen molar-refractivity contribution < 1.29 is 4.74 Å². The predicted octanol–water partition coefficient (Wildman–Crippen LogP) is 3.46. The van der Waals surface area contributed by atoms with Crippen LogP contribution in [0.2, 0.25) is 0 Å². The van der Waals surface area contributed by atoms with E-state index in [0.717, 1.165) is 48.8 Å². The summed E-state index contributed by atoms with van der Waals surface area (Å²) in [4.78, 5) is 17.2. The zero-order valence-corrected chi connectivity index (χ0v) is 16.4. The zero-order chi connectivity index (χ0) is 19.0. The van der Waals surface area contributed by atoms with Crippen LogP contribution in [-0.4, -0.2) is 53.1 Å². The molecule has 2 saturated heterocycles. The number of aromatic nitrogens is 3. The minimum absolute atomic E-state index is 0.366. The van der Waals surface area contributed by atoms with Gasteiger partial charge in [-0.15, -0.1) is 0 Å². The number of benzene rings is 1. The molecular weight excluding hydrogens is 350 g/mol. The number of H-pyrrole nitrogens is 1. The van der Waals surface area contributed by atoms with E-state index >= 15 is 0 Å². The molecule has 1 atom stereocenters. The summed E-state index contributed by atoms with van der Waals surface area (Å²) in [6.07, 6.45) is 7.43. The molecule has 6 heteroatoms. The van der Waals surface area contributed by atoms with Gasteiger partial charge >= 0.3 is 0 Å². The quantitative estimate of drug-likeness (QED) is 0.755. The molecule has 5 rings (SSSR count). The standard InChI is InChI=1S/C22H27N5O/c1-28-18-5-2-4-17(12-18)13-26-10-3-7-22(14-26)8-11-27(15-22)21-19-6-9-23-20(19)24-16-25-21/h2,4-6,9,12,16H,3,7-8,10-11,13-15H2,1H3,(H,23,24,25)/t22-/m1/s1. The van der Waals surface area contributed by atoms with E-state index in [0.29, 0.717) is 5.41 Å². The van der Waals surface area contributed by atoms with Crippen LogP contribution in [0.1, 0.15) is 24.8 Å². The van der Waals surface area contributed by atoms with Gasteiger partial charge in [0.05, 0.1) is 12.5 Å². The molecule has 3 aromatic rings. The third-order valence-corrected chi connectivity index (χ3v) is 6.35. The van der Waals surface area contributed by atoms with Gasteiger partial charge in [-0.1, -0.05) is 12.1 Å². The molecule has 2 aromatic heterocycles. The van der Waals surface area contributed by atoms with E-state index in [9.17, 15) is 0 Å². The number of methoxy groups -OCH3 is 1. The van der Waals surface area contributed by atoms with Crippen molar-refractivity contribution in [2.75, 3.05) is 38.2 Å². The van der Waals surface area contributed by atoms with Gasteiger partial charge in [0.2, 0.25) is 0 Å². The molecule has 0 saturated carbocycles. The molecule has 1 aromatic carbocycles. The molecule has 1 spiro atoms. The first kappa shape index (κ1) is 17.5. The van der Waals surface area contributed by atoms with Crippen LogP contribution in [0, 0.1) is 5.41 Å². The Morgan fingerprint density at radius 1 is 1.14 bits per heavy atom. The average Bonchev–Trinajstić information content (AvgIpc) is 3.35. The Labute approximate surface area is 165 Å². The second kappa shape index (κ2) is 7.09. The maximum atomic E-state index is 5.39. The minimum atomic E-state index is 0.366. The summed E-state index contributed by atoms with van der Waals surface area (Å²) in [5.41, 5.74) is 2.62. The predicted molar refractivity (Wildman–Crippen MR) is 111 cm³/mol. The van der Waals surface area contributed by atoms with Crippen LogP contribution in [0.3, 0.4) is 0 Å². The van der Waals surface area contributed by atoms with Crippen LogP contribution in [0.5, 0.6) is 5.75 Å². The number of nitrogens with zero attached hydrogens (tertiary/aromatic N) is 4. The van der Waals surface area contributed by atoms with E-state index in [1.807, 2.05) is 12.3 Å². The first-order valence-electron chi connectivity index (χ1n) is 10.1. The smallest absolute Gasteiger partial charge is 0.142 e. The van der Waals surface area contributed by atoms with E-state index in [1.165, 1.54) is 31.4 Å². The summed E-state index contributed by atoms with van der Waals surface area (Å²) in [5, 5.41) is 1.13. The van der Waals surface area contributed by atoms with Gasteiger partial charge in [-0.05, 0) is 49.6 Å². The highest BCUT2D eigenvalue weighted by Crippen LogP contribution is 2.41. The van der Waals surface area contributed by atoms with E-state index in [-0.39, 0.29) is 0 Å². The lowest BCUT2D eigenvalue weighted by atomic mass is 9.79. The molecule has 0 unspecified atom stereocenters. The highest BCUT2D eigenvalue weighted by Gasteiger charge is 2.42. The van der Waals surface area contributed by atoms with Gasteiger partial charge in [-0.2, -0.15) is 0 Å². The molecule has 146 valence electrons. The molecule has 28 heavy (non-hydrogen) atoms. The first-order valence-corrected chi connectivity index (χ1v) is 10.1. The largest absolute Gasteiger partial charge is 0.497 e. The number of fused-ring (bicyclic) bond motifs is 1. The minimum Gasteiger partial charge on any atom is -0.497 e. The van der Waals surface area contributed by atoms with Crippen molar-refractivity contribution in [3.63, 3.8) is 0 Å². The second-order valence-corrected chi connectivity index (χ2v) is 8.27. The Kier molecular flexibility index (Phi) is 4.43. The lowest BCUT2D eigenvalue weighted by Gasteiger charge is -2.40. The topological polar surface area (TPSA) is 57.3 Å². The highest BCUT2D eigenvalue weighted by molar-refractivity contribution is 5.87. The molecule has 0 bridgehead atoms. The number of likely N-dealkylation sites (tertiary alicyclic amines) is 1. The van der Waals surface area contributed by atoms with Crippen LogP contribution < -0.4 is 9.64 Å². The van der Waals surface area contributed by atoms with Crippen molar-refractivity contribution >= 4 is 16.9 Å². The fourth-order valence-electron chi connectivity index (χ4n) is 5.03. The maximum absolute atomic E-state index is 5.39. The zero-order valence-electron chi connectivity index (χ0n) is 16.4. The molecule has 0 radical (unpaired) electrons. The summed E-state index contributed by atoms with van der Waals surface area (Å²) >= 11 is 0. The number of hydrogen-bond donors (Lipinski definition) is 1. The van der Waals surface area contributed by atoms with Crippen molar-refractivity contribution in [3.8, 4) is 5.75 Å². The molecule has 0 aliphatic carbocycles. The molecule has 2 aliphatic heterocycles. The molecular formula is C22H27N5O. The first-order chi connectivity index (χ1) is 13.7. The number of anilines is 1. The summed E-state index contributed by atoms with van der Waals surface area (Å²) in [7, 11) is 1.73. The molecule has 2 aliphatic rings.